The normalized spacial score (nSPS) is 29.1. The molecule has 1 unspecified atom stereocenters. The van der Waals surface area contributed by atoms with Crippen molar-refractivity contribution in [1.29, 1.82) is 0 Å². The highest BCUT2D eigenvalue weighted by Gasteiger charge is 2.72. The molecule has 2 aromatic rings. The summed E-state index contributed by atoms with van der Waals surface area (Å²) in [5.41, 5.74) is 5.53. The zero-order chi connectivity index (χ0) is 23.3. The van der Waals surface area contributed by atoms with E-state index in [1.165, 1.54) is 0 Å². The van der Waals surface area contributed by atoms with Gasteiger partial charge >= 0.3 is 0 Å². The smallest absolute Gasteiger partial charge is 0.220 e. The number of anilines is 1. The highest BCUT2D eigenvalue weighted by Crippen LogP contribution is 2.74. The van der Waals surface area contributed by atoms with E-state index in [-0.39, 0.29) is 28.9 Å². The Kier molecular flexibility index (Phi) is 5.98. The highest BCUT2D eigenvalue weighted by molar-refractivity contribution is 6.31. The van der Waals surface area contributed by atoms with Crippen molar-refractivity contribution < 1.29 is 14.9 Å². The molecule has 3 saturated carbocycles. The molecule has 10 heteroatoms. The molecule has 0 spiro atoms. The van der Waals surface area contributed by atoms with Crippen LogP contribution in [0.2, 0.25) is 5.02 Å². The summed E-state index contributed by atoms with van der Waals surface area (Å²) in [7, 11) is 0. The number of aliphatic hydroxyl groups is 2. The number of hydrogen-bond acceptors (Lipinski definition) is 8. The van der Waals surface area contributed by atoms with Crippen molar-refractivity contribution in [2.45, 2.75) is 88.4 Å². The molecule has 1 aliphatic heterocycles. The molecule has 4 aliphatic rings. The summed E-state index contributed by atoms with van der Waals surface area (Å²) in [5, 5.41) is 28.5. The van der Waals surface area contributed by atoms with Crippen LogP contribution in [0.1, 0.15) is 83.2 Å². The van der Waals surface area contributed by atoms with Crippen LogP contribution in [0.4, 0.5) is 5.95 Å². The third-order valence-electron chi connectivity index (χ3n) is 6.67. The third kappa shape index (κ3) is 4.00. The molecule has 1 saturated heterocycles. The van der Waals surface area contributed by atoms with Gasteiger partial charge in [-0.05, 0) is 59.8 Å². The quantitative estimate of drug-likeness (QED) is 0.629. The minimum atomic E-state index is -1.03. The number of aliphatic hydroxyl groups excluding tert-OH is 1. The van der Waals surface area contributed by atoms with Crippen molar-refractivity contribution in [2.75, 3.05) is 18.9 Å². The largest absolute Gasteiger partial charge is 0.391 e. The molecule has 4 fully saturated rings. The zero-order valence-corrected chi connectivity index (χ0v) is 19.9. The fraction of sp³-hybridized carbons (Fsp3) is 0.727. The minimum Gasteiger partial charge on any atom is -0.391 e. The first-order valence-electron chi connectivity index (χ1n) is 11.2. The van der Waals surface area contributed by atoms with Crippen LogP contribution in [0.15, 0.2) is 6.20 Å². The molecule has 9 nitrogen and oxygen atoms in total. The Morgan fingerprint density at radius 3 is 2.44 bits per heavy atom. The van der Waals surface area contributed by atoms with Gasteiger partial charge in [-0.3, -0.25) is 0 Å². The number of ether oxygens (including phenoxy) is 1. The molecule has 6 rings (SSSR count). The fourth-order valence-corrected chi connectivity index (χ4v) is 5.60. The summed E-state index contributed by atoms with van der Waals surface area (Å²) in [6.45, 7) is 9.03. The lowest BCUT2D eigenvalue weighted by atomic mass is 9.34. The Hall–Kier alpha value is -1.81. The summed E-state index contributed by atoms with van der Waals surface area (Å²) >= 11 is 6.31. The van der Waals surface area contributed by atoms with Crippen molar-refractivity contribution >= 4 is 17.5 Å². The van der Waals surface area contributed by atoms with E-state index in [1.54, 1.807) is 20.0 Å². The average molecular weight is 465 g/mol. The SMILES string of the molecule is CC(C)n1c(C(C)(C)O)nnc1C12CC(c3nc(N)ncc3Cl)(C1)C2.OC1CCCOC1. The fourth-order valence-electron chi connectivity index (χ4n) is 5.31. The number of aromatic nitrogens is 5. The maximum atomic E-state index is 10.4. The minimum absolute atomic E-state index is 0.0101. The summed E-state index contributed by atoms with van der Waals surface area (Å²) in [6.07, 6.45) is 6.09. The van der Waals surface area contributed by atoms with Gasteiger partial charge in [0.15, 0.2) is 5.82 Å². The number of hydrogen-bond donors (Lipinski definition) is 3. The Bertz CT molecular complexity index is 961. The molecule has 0 radical (unpaired) electrons. The first-order chi connectivity index (χ1) is 15.0. The van der Waals surface area contributed by atoms with E-state index in [4.69, 9.17) is 27.2 Å². The second kappa shape index (κ2) is 8.20. The van der Waals surface area contributed by atoms with Crippen molar-refractivity contribution in [3.63, 3.8) is 0 Å². The van der Waals surface area contributed by atoms with E-state index >= 15 is 0 Å². The topological polar surface area (TPSA) is 132 Å². The first-order valence-corrected chi connectivity index (χ1v) is 11.6. The van der Waals surface area contributed by atoms with Crippen LogP contribution < -0.4 is 5.73 Å². The van der Waals surface area contributed by atoms with Gasteiger partial charge in [0.2, 0.25) is 5.95 Å². The standard InChI is InChI=1S/C17H23ClN6O.C5H10O2/c1-9(2)24-12(15(3,4)25)22-23-13(24)17-6-16(7-17,8-17)11-10(18)5-20-14(19)21-11;6-5-2-1-3-7-4-5/h5,9,25H,6-8H2,1-4H3,(H2,19,20,21);5-6H,1-4H2. The van der Waals surface area contributed by atoms with Gasteiger partial charge in [-0.2, -0.15) is 0 Å². The Labute approximate surface area is 193 Å². The van der Waals surface area contributed by atoms with E-state index in [0.717, 1.165) is 50.2 Å². The first kappa shape index (κ1) is 23.4. The maximum Gasteiger partial charge on any atom is 0.220 e. The van der Waals surface area contributed by atoms with Crippen molar-refractivity contribution in [2.24, 2.45) is 0 Å². The lowest BCUT2D eigenvalue weighted by Crippen LogP contribution is -2.68. The van der Waals surface area contributed by atoms with Gasteiger partial charge in [0.1, 0.15) is 11.4 Å². The lowest BCUT2D eigenvalue weighted by molar-refractivity contribution is -0.0815. The number of nitrogen functional groups attached to an aromatic ring is 1. The van der Waals surface area contributed by atoms with Crippen LogP contribution in [0.25, 0.3) is 0 Å². The van der Waals surface area contributed by atoms with Gasteiger partial charge < -0.3 is 25.3 Å². The monoisotopic (exact) mass is 464 g/mol. The summed E-state index contributed by atoms with van der Waals surface area (Å²) in [6, 6.07) is 0.176. The van der Waals surface area contributed by atoms with Gasteiger partial charge in [0, 0.05) is 23.5 Å². The number of rotatable bonds is 4. The molecule has 3 aliphatic carbocycles. The predicted octanol–water partition coefficient (Wildman–Crippen LogP) is 2.64. The van der Waals surface area contributed by atoms with E-state index in [9.17, 15) is 5.11 Å². The molecule has 2 aromatic heterocycles. The molecule has 1 atom stereocenters. The summed E-state index contributed by atoms with van der Waals surface area (Å²) < 4.78 is 7.01. The predicted molar refractivity (Wildman–Crippen MR) is 120 cm³/mol. The van der Waals surface area contributed by atoms with E-state index in [2.05, 4.69) is 38.6 Å². The maximum absolute atomic E-state index is 10.4. The van der Waals surface area contributed by atoms with Crippen molar-refractivity contribution in [3.05, 3.63) is 28.6 Å². The van der Waals surface area contributed by atoms with Crippen LogP contribution in [0.3, 0.4) is 0 Å². The van der Waals surface area contributed by atoms with Crippen LogP contribution in [-0.2, 0) is 21.2 Å². The van der Waals surface area contributed by atoms with Crippen LogP contribution in [-0.4, -0.2) is 54.3 Å². The van der Waals surface area contributed by atoms with Crippen molar-refractivity contribution in [3.8, 4) is 0 Å². The van der Waals surface area contributed by atoms with Crippen LogP contribution in [0.5, 0.6) is 0 Å². The van der Waals surface area contributed by atoms with E-state index in [1.807, 2.05) is 0 Å². The molecule has 0 aromatic carbocycles. The molecular weight excluding hydrogens is 432 g/mol. The van der Waals surface area contributed by atoms with Gasteiger partial charge in [-0.25, -0.2) is 9.97 Å². The average Bonchev–Trinajstić information content (AvgIpc) is 3.09. The second-order valence-electron chi connectivity index (χ2n) is 10.3. The van der Waals surface area contributed by atoms with E-state index < -0.39 is 5.60 Å². The molecule has 3 heterocycles. The molecule has 0 amide bonds. The Morgan fingerprint density at radius 2 is 1.94 bits per heavy atom. The van der Waals surface area contributed by atoms with Gasteiger partial charge in [-0.1, -0.05) is 11.6 Å². The second-order valence-corrected chi connectivity index (χ2v) is 10.7. The molecular formula is C22H33ClN6O3. The third-order valence-corrected chi connectivity index (χ3v) is 6.94. The summed E-state index contributed by atoms with van der Waals surface area (Å²) in [5.74, 6) is 1.83. The van der Waals surface area contributed by atoms with Gasteiger partial charge in [-0.15, -0.1) is 10.2 Å². The van der Waals surface area contributed by atoms with Crippen LogP contribution >= 0.6 is 11.6 Å². The van der Waals surface area contributed by atoms with Gasteiger partial charge in [0.05, 0.1) is 29.6 Å². The summed E-state index contributed by atoms with van der Waals surface area (Å²) in [4.78, 5) is 8.34. The Balaban J connectivity index is 0.000000300. The highest BCUT2D eigenvalue weighted by atomic mass is 35.5. The zero-order valence-electron chi connectivity index (χ0n) is 19.2. The number of nitrogens with zero attached hydrogens (tertiary/aromatic N) is 5. The van der Waals surface area contributed by atoms with E-state index in [0.29, 0.717) is 17.5 Å². The number of nitrogens with two attached hydrogens (primary N) is 1. The van der Waals surface area contributed by atoms with Gasteiger partial charge in [0.25, 0.3) is 0 Å². The molecule has 32 heavy (non-hydrogen) atoms. The van der Waals surface area contributed by atoms with Crippen LogP contribution in [0, 0.1) is 0 Å². The molecule has 2 bridgehead atoms. The molecule has 4 N–H and O–H groups in total. The van der Waals surface area contributed by atoms with Crippen molar-refractivity contribution in [1.82, 2.24) is 24.7 Å². The molecule has 176 valence electrons. The number of halogens is 1. The Morgan fingerprint density at radius 1 is 1.25 bits per heavy atom. The lowest BCUT2D eigenvalue weighted by Gasteiger charge is -2.69.